The largest absolute Gasteiger partial charge is 0.381 e. The summed E-state index contributed by atoms with van der Waals surface area (Å²) in [6.07, 6.45) is 5.53. The predicted molar refractivity (Wildman–Crippen MR) is 169 cm³/mol. The van der Waals surface area contributed by atoms with Gasteiger partial charge in [0.2, 0.25) is 5.91 Å². The van der Waals surface area contributed by atoms with Gasteiger partial charge in [0, 0.05) is 75.1 Å². The number of anilines is 1. The molecule has 232 valence electrons. The third kappa shape index (κ3) is 4.93. The minimum absolute atomic E-state index is 0.139. The number of hydrogen-bond acceptors (Lipinski definition) is 7. The molecule has 1 atom stereocenters. The smallest absolute Gasteiger partial charge is 0.225 e. The molecule has 3 aliphatic rings. The molecule has 0 radical (unpaired) electrons. The summed E-state index contributed by atoms with van der Waals surface area (Å²) in [6.45, 7) is 6.06. The number of nitrogens with zero attached hydrogens (tertiary/aromatic N) is 8. The molecular weight excluding hydrogens is 571 g/mol. The third-order valence-electron chi connectivity index (χ3n) is 9.80. The van der Waals surface area contributed by atoms with Gasteiger partial charge >= 0.3 is 0 Å². The van der Waals surface area contributed by atoms with Gasteiger partial charge in [-0.15, -0.1) is 5.10 Å². The maximum absolute atomic E-state index is 15.8. The van der Waals surface area contributed by atoms with Gasteiger partial charge in [0.05, 0.1) is 28.5 Å². The van der Waals surface area contributed by atoms with E-state index in [2.05, 4.69) is 38.0 Å². The second-order valence-corrected chi connectivity index (χ2v) is 12.7. The van der Waals surface area contributed by atoms with E-state index in [9.17, 15) is 4.79 Å². The molecule has 6 heterocycles. The van der Waals surface area contributed by atoms with Crippen LogP contribution in [0.25, 0.3) is 33.3 Å². The highest BCUT2D eigenvalue weighted by Crippen LogP contribution is 2.42. The molecule has 1 aliphatic carbocycles. The van der Waals surface area contributed by atoms with E-state index in [-0.39, 0.29) is 23.7 Å². The molecule has 2 aliphatic heterocycles. The zero-order valence-corrected chi connectivity index (χ0v) is 25.7. The number of aromatic nitrogens is 6. The van der Waals surface area contributed by atoms with Crippen LogP contribution in [-0.4, -0.2) is 79.7 Å². The van der Waals surface area contributed by atoms with E-state index in [1.807, 2.05) is 37.2 Å². The first-order valence-electron chi connectivity index (χ1n) is 16.0. The molecule has 0 N–H and O–H groups in total. The second-order valence-electron chi connectivity index (χ2n) is 12.7. The number of rotatable bonds is 6. The summed E-state index contributed by atoms with van der Waals surface area (Å²) in [5, 5.41) is 9.42. The lowest BCUT2D eigenvalue weighted by Crippen LogP contribution is -2.49. The van der Waals surface area contributed by atoms with Crippen molar-refractivity contribution in [3.8, 4) is 11.3 Å². The lowest BCUT2D eigenvalue weighted by molar-refractivity contribution is -0.132. The fraction of sp³-hybridized carbons (Fsp3) is 0.441. The van der Waals surface area contributed by atoms with Gasteiger partial charge < -0.3 is 19.1 Å². The summed E-state index contributed by atoms with van der Waals surface area (Å²) in [5.74, 6) is 1.29. The summed E-state index contributed by atoms with van der Waals surface area (Å²) in [5.41, 5.74) is 5.75. The van der Waals surface area contributed by atoms with E-state index < -0.39 is 0 Å². The predicted octanol–water partition coefficient (Wildman–Crippen LogP) is 4.90. The molecule has 0 unspecified atom stereocenters. The quantitative estimate of drug-likeness (QED) is 0.271. The molecule has 11 heteroatoms. The summed E-state index contributed by atoms with van der Waals surface area (Å²) in [4.78, 5) is 27.3. The molecule has 8 rings (SSSR count). The average molecular weight is 609 g/mol. The highest BCUT2D eigenvalue weighted by molar-refractivity contribution is 6.05. The Labute approximate surface area is 260 Å². The number of fused-ring (bicyclic) bond motifs is 3. The van der Waals surface area contributed by atoms with Crippen LogP contribution in [0.1, 0.15) is 43.0 Å². The zero-order valence-electron chi connectivity index (χ0n) is 25.7. The first-order chi connectivity index (χ1) is 22.0. The fourth-order valence-electron chi connectivity index (χ4n) is 7.30. The van der Waals surface area contributed by atoms with E-state index in [0.717, 1.165) is 83.6 Å². The minimum Gasteiger partial charge on any atom is -0.381 e. The number of carbonyl (C=O) groups excluding carboxylic acids is 1. The van der Waals surface area contributed by atoms with Crippen molar-refractivity contribution in [1.29, 1.82) is 0 Å². The zero-order chi connectivity index (χ0) is 30.7. The standard InChI is InChI=1S/C34H37FN8O2/c1-21-31(40(2)39-38-21)24-19-28-30(36-20-24)26-9-10-29(41-13-15-42(16-14-41)34(44)23-7-8-23)37-33(26)43(28)32(22-11-17-45-18-12-22)25-5-3-4-6-27(25)35/h3-6,9-10,19-20,22-23,32H,7-8,11-18H2,1-2H3/t32-/m0/s1. The van der Waals surface area contributed by atoms with Crippen molar-refractivity contribution in [2.24, 2.45) is 18.9 Å². The molecule has 10 nitrogen and oxygen atoms in total. The van der Waals surface area contributed by atoms with Crippen molar-refractivity contribution in [1.82, 2.24) is 34.4 Å². The number of aryl methyl sites for hydroxylation is 2. The molecule has 1 saturated carbocycles. The van der Waals surface area contributed by atoms with Crippen LogP contribution in [0.3, 0.4) is 0 Å². The summed E-state index contributed by atoms with van der Waals surface area (Å²) >= 11 is 0. The molecule has 2 saturated heterocycles. The first-order valence-corrected chi connectivity index (χ1v) is 16.0. The monoisotopic (exact) mass is 608 g/mol. The first kappa shape index (κ1) is 28.1. The fourth-order valence-corrected chi connectivity index (χ4v) is 7.30. The van der Waals surface area contributed by atoms with Crippen LogP contribution in [0.5, 0.6) is 0 Å². The number of amides is 1. The van der Waals surface area contributed by atoms with E-state index in [0.29, 0.717) is 37.8 Å². The Morgan fingerprint density at radius 3 is 2.51 bits per heavy atom. The van der Waals surface area contributed by atoms with Gasteiger partial charge in [0.15, 0.2) is 0 Å². The van der Waals surface area contributed by atoms with Gasteiger partial charge in [-0.2, -0.15) is 0 Å². The number of benzene rings is 1. The van der Waals surface area contributed by atoms with Crippen molar-refractivity contribution in [3.63, 3.8) is 0 Å². The highest BCUT2D eigenvalue weighted by atomic mass is 19.1. The van der Waals surface area contributed by atoms with Crippen LogP contribution in [0.4, 0.5) is 10.2 Å². The van der Waals surface area contributed by atoms with Crippen LogP contribution >= 0.6 is 0 Å². The van der Waals surface area contributed by atoms with E-state index in [4.69, 9.17) is 14.7 Å². The van der Waals surface area contributed by atoms with Gasteiger partial charge in [0.1, 0.15) is 17.3 Å². The summed E-state index contributed by atoms with van der Waals surface area (Å²) < 4.78 is 25.5. The number of piperazine rings is 1. The van der Waals surface area contributed by atoms with E-state index >= 15 is 4.39 Å². The van der Waals surface area contributed by atoms with Crippen LogP contribution < -0.4 is 4.90 Å². The molecule has 0 spiro atoms. The van der Waals surface area contributed by atoms with Crippen LogP contribution in [0.15, 0.2) is 48.7 Å². The molecule has 3 fully saturated rings. The Hall–Kier alpha value is -4.38. The highest BCUT2D eigenvalue weighted by Gasteiger charge is 2.36. The van der Waals surface area contributed by atoms with Crippen molar-refractivity contribution in [2.75, 3.05) is 44.3 Å². The number of pyridine rings is 2. The SMILES string of the molecule is Cc1nnn(C)c1-c1cnc2c3ccc(N4CCN(C(=O)C5CC5)CC4)nc3n([C@H](c3ccccc3F)C3CCOCC3)c2c1. The van der Waals surface area contributed by atoms with Crippen LogP contribution in [0, 0.1) is 24.6 Å². The van der Waals surface area contributed by atoms with Gasteiger partial charge in [-0.3, -0.25) is 9.78 Å². The number of ether oxygens (including phenoxy) is 1. The van der Waals surface area contributed by atoms with Crippen LogP contribution in [0.2, 0.25) is 0 Å². The average Bonchev–Trinajstić information content (AvgIpc) is 3.81. The molecule has 4 aromatic heterocycles. The number of carbonyl (C=O) groups is 1. The lowest BCUT2D eigenvalue weighted by atomic mass is 9.86. The normalized spacial score (nSPS) is 18.6. The van der Waals surface area contributed by atoms with E-state index in [1.165, 1.54) is 0 Å². The lowest BCUT2D eigenvalue weighted by Gasteiger charge is -2.36. The van der Waals surface area contributed by atoms with Crippen molar-refractivity contribution in [3.05, 3.63) is 65.7 Å². The molecule has 0 bridgehead atoms. The summed E-state index contributed by atoms with van der Waals surface area (Å²) in [7, 11) is 1.88. The molecule has 5 aromatic rings. The van der Waals surface area contributed by atoms with Gasteiger partial charge in [-0.1, -0.05) is 23.4 Å². The molecular formula is C34H37FN8O2. The number of halogens is 1. The van der Waals surface area contributed by atoms with Crippen molar-refractivity contribution >= 4 is 33.8 Å². The number of hydrogen-bond donors (Lipinski definition) is 0. The molecule has 1 amide bonds. The van der Waals surface area contributed by atoms with Gasteiger partial charge in [-0.25, -0.2) is 14.1 Å². The third-order valence-corrected chi connectivity index (χ3v) is 9.80. The topological polar surface area (TPSA) is 94.2 Å². The Kier molecular flexibility index (Phi) is 7.00. The van der Waals surface area contributed by atoms with Crippen molar-refractivity contribution < 1.29 is 13.9 Å². The van der Waals surface area contributed by atoms with Crippen molar-refractivity contribution in [2.45, 2.75) is 38.6 Å². The molecule has 1 aromatic carbocycles. The Balaban J connectivity index is 1.30. The molecule has 45 heavy (non-hydrogen) atoms. The second kappa shape index (κ2) is 11.2. The van der Waals surface area contributed by atoms with Crippen LogP contribution in [-0.2, 0) is 16.6 Å². The maximum atomic E-state index is 15.8. The van der Waals surface area contributed by atoms with E-state index in [1.54, 1.807) is 16.8 Å². The van der Waals surface area contributed by atoms with Gasteiger partial charge in [0.25, 0.3) is 0 Å². The Morgan fingerprint density at radius 1 is 1.02 bits per heavy atom. The maximum Gasteiger partial charge on any atom is 0.225 e. The minimum atomic E-state index is -0.311. The van der Waals surface area contributed by atoms with Gasteiger partial charge in [-0.05, 0) is 62.8 Å². The summed E-state index contributed by atoms with van der Waals surface area (Å²) in [6, 6.07) is 13.1. The Bertz CT molecular complexity index is 1880. The Morgan fingerprint density at radius 2 is 1.80 bits per heavy atom.